The molecule has 1 aromatic heterocycles. The second-order valence-corrected chi connectivity index (χ2v) is 5.64. The van der Waals surface area contributed by atoms with Gasteiger partial charge in [0.1, 0.15) is 11.3 Å². The first kappa shape index (κ1) is 16.6. The number of amides is 2. The SMILES string of the molecule is COc1ccc(CN(C)C(=O)Nc2ccc3oc(=O)ccc3c2)cc1. The van der Waals surface area contributed by atoms with E-state index in [1.54, 1.807) is 43.3 Å². The first-order valence-corrected chi connectivity index (χ1v) is 7.74. The smallest absolute Gasteiger partial charge is 0.336 e. The van der Waals surface area contributed by atoms with Crippen molar-refractivity contribution in [2.45, 2.75) is 6.54 Å². The summed E-state index contributed by atoms with van der Waals surface area (Å²) in [5.41, 5.74) is 1.72. The minimum atomic E-state index is -0.400. The van der Waals surface area contributed by atoms with Gasteiger partial charge >= 0.3 is 11.7 Å². The molecule has 0 aliphatic heterocycles. The van der Waals surface area contributed by atoms with Gasteiger partial charge in [0, 0.05) is 30.7 Å². The molecule has 0 fully saturated rings. The summed E-state index contributed by atoms with van der Waals surface area (Å²) in [6.07, 6.45) is 0. The van der Waals surface area contributed by atoms with E-state index in [0.717, 1.165) is 16.7 Å². The van der Waals surface area contributed by atoms with Gasteiger partial charge in [0.2, 0.25) is 0 Å². The molecule has 0 saturated heterocycles. The van der Waals surface area contributed by atoms with Gasteiger partial charge in [-0.15, -0.1) is 0 Å². The quantitative estimate of drug-likeness (QED) is 0.740. The summed E-state index contributed by atoms with van der Waals surface area (Å²) in [7, 11) is 3.34. The first-order valence-electron chi connectivity index (χ1n) is 7.74. The predicted octanol–water partition coefficient (Wildman–Crippen LogP) is 3.47. The summed E-state index contributed by atoms with van der Waals surface area (Å²) in [5.74, 6) is 0.777. The van der Waals surface area contributed by atoms with Crippen molar-refractivity contribution in [2.75, 3.05) is 19.5 Å². The Hall–Kier alpha value is -3.28. The molecule has 2 amide bonds. The molecular weight excluding hydrogens is 320 g/mol. The van der Waals surface area contributed by atoms with Gasteiger partial charge in [-0.05, 0) is 42.0 Å². The summed E-state index contributed by atoms with van der Waals surface area (Å²) in [6, 6.07) is 15.5. The summed E-state index contributed by atoms with van der Waals surface area (Å²) in [4.78, 5) is 25.1. The van der Waals surface area contributed by atoms with Crippen LogP contribution in [-0.2, 0) is 6.54 Å². The van der Waals surface area contributed by atoms with Crippen LogP contribution in [0.25, 0.3) is 11.0 Å². The number of hydrogen-bond donors (Lipinski definition) is 1. The fourth-order valence-corrected chi connectivity index (χ4v) is 2.45. The average Bonchev–Trinajstić information content (AvgIpc) is 2.62. The zero-order valence-electron chi connectivity index (χ0n) is 14.0. The largest absolute Gasteiger partial charge is 0.497 e. The van der Waals surface area contributed by atoms with Gasteiger partial charge < -0.3 is 19.4 Å². The monoisotopic (exact) mass is 338 g/mol. The topological polar surface area (TPSA) is 71.8 Å². The van der Waals surface area contributed by atoms with Crippen molar-refractivity contribution in [1.82, 2.24) is 4.90 Å². The number of carbonyl (C=O) groups excluding carboxylic acids is 1. The Labute approximate surface area is 144 Å². The first-order chi connectivity index (χ1) is 12.0. The zero-order chi connectivity index (χ0) is 17.8. The van der Waals surface area contributed by atoms with Crippen LogP contribution >= 0.6 is 0 Å². The van der Waals surface area contributed by atoms with Crippen molar-refractivity contribution >= 4 is 22.7 Å². The molecule has 128 valence electrons. The molecular formula is C19H18N2O4. The van der Waals surface area contributed by atoms with Gasteiger partial charge in [-0.1, -0.05) is 12.1 Å². The Kier molecular flexibility index (Phi) is 4.70. The zero-order valence-corrected chi connectivity index (χ0v) is 14.0. The maximum Gasteiger partial charge on any atom is 0.336 e. The highest BCUT2D eigenvalue weighted by atomic mass is 16.5. The Morgan fingerprint density at radius 1 is 1.12 bits per heavy atom. The number of rotatable bonds is 4. The van der Waals surface area contributed by atoms with E-state index in [9.17, 15) is 9.59 Å². The molecule has 6 heteroatoms. The molecule has 0 atom stereocenters. The number of hydrogen-bond acceptors (Lipinski definition) is 4. The van der Waals surface area contributed by atoms with Crippen LogP contribution in [0.2, 0.25) is 0 Å². The fourth-order valence-electron chi connectivity index (χ4n) is 2.45. The van der Waals surface area contributed by atoms with Crippen LogP contribution < -0.4 is 15.7 Å². The Morgan fingerprint density at radius 3 is 2.60 bits per heavy atom. The molecule has 0 spiro atoms. The maximum absolute atomic E-state index is 12.3. The van der Waals surface area contributed by atoms with Gasteiger partial charge in [-0.3, -0.25) is 0 Å². The minimum absolute atomic E-state index is 0.229. The third-order valence-corrected chi connectivity index (χ3v) is 3.80. The molecule has 0 radical (unpaired) electrons. The number of urea groups is 1. The number of ether oxygens (including phenoxy) is 1. The predicted molar refractivity (Wildman–Crippen MR) is 96.0 cm³/mol. The Balaban J connectivity index is 1.68. The lowest BCUT2D eigenvalue weighted by Gasteiger charge is -2.18. The molecule has 0 saturated carbocycles. The summed E-state index contributed by atoms with van der Waals surface area (Å²) < 4.78 is 10.2. The van der Waals surface area contributed by atoms with E-state index in [2.05, 4.69) is 5.32 Å². The fraction of sp³-hybridized carbons (Fsp3) is 0.158. The number of nitrogens with zero attached hydrogens (tertiary/aromatic N) is 1. The van der Waals surface area contributed by atoms with Crippen molar-refractivity contribution in [3.05, 3.63) is 70.6 Å². The average molecular weight is 338 g/mol. The van der Waals surface area contributed by atoms with E-state index in [4.69, 9.17) is 9.15 Å². The Bertz CT molecular complexity index is 948. The maximum atomic E-state index is 12.3. The lowest BCUT2D eigenvalue weighted by molar-refractivity contribution is 0.220. The molecule has 3 rings (SSSR count). The third-order valence-electron chi connectivity index (χ3n) is 3.80. The second-order valence-electron chi connectivity index (χ2n) is 5.64. The highest BCUT2D eigenvalue weighted by Crippen LogP contribution is 2.18. The number of carbonyl (C=O) groups is 1. The van der Waals surface area contributed by atoms with Gasteiger partial charge in [-0.25, -0.2) is 9.59 Å². The molecule has 1 N–H and O–H groups in total. The number of benzene rings is 2. The van der Waals surface area contributed by atoms with Crippen molar-refractivity contribution in [1.29, 1.82) is 0 Å². The van der Waals surface area contributed by atoms with E-state index in [1.807, 2.05) is 24.3 Å². The molecule has 6 nitrogen and oxygen atoms in total. The molecule has 25 heavy (non-hydrogen) atoms. The van der Waals surface area contributed by atoms with E-state index in [-0.39, 0.29) is 6.03 Å². The van der Waals surface area contributed by atoms with E-state index >= 15 is 0 Å². The number of anilines is 1. The van der Waals surface area contributed by atoms with Crippen molar-refractivity contribution in [3.8, 4) is 5.75 Å². The molecule has 2 aromatic carbocycles. The molecule has 0 bridgehead atoms. The van der Waals surface area contributed by atoms with Crippen LogP contribution in [0.4, 0.5) is 10.5 Å². The number of nitrogens with one attached hydrogen (secondary N) is 1. The molecule has 0 unspecified atom stereocenters. The van der Waals surface area contributed by atoms with E-state index in [1.165, 1.54) is 6.07 Å². The van der Waals surface area contributed by atoms with Crippen molar-refractivity contribution < 1.29 is 13.9 Å². The van der Waals surface area contributed by atoms with E-state index in [0.29, 0.717) is 17.8 Å². The van der Waals surface area contributed by atoms with Crippen molar-refractivity contribution in [2.24, 2.45) is 0 Å². The summed E-state index contributed by atoms with van der Waals surface area (Å²) >= 11 is 0. The van der Waals surface area contributed by atoms with Crippen LogP contribution in [0.5, 0.6) is 5.75 Å². The molecule has 0 aliphatic carbocycles. The minimum Gasteiger partial charge on any atom is -0.497 e. The molecule has 1 heterocycles. The third kappa shape index (κ3) is 3.98. The van der Waals surface area contributed by atoms with Crippen LogP contribution in [0.15, 0.2) is 63.8 Å². The normalized spacial score (nSPS) is 10.5. The summed E-state index contributed by atoms with van der Waals surface area (Å²) in [6.45, 7) is 0.471. The number of fused-ring (bicyclic) bond motifs is 1. The van der Waals surface area contributed by atoms with Crippen molar-refractivity contribution in [3.63, 3.8) is 0 Å². The van der Waals surface area contributed by atoms with Crippen LogP contribution in [0.3, 0.4) is 0 Å². The second kappa shape index (κ2) is 7.09. The van der Waals surface area contributed by atoms with Gasteiger partial charge in [0.05, 0.1) is 7.11 Å². The van der Waals surface area contributed by atoms with Gasteiger partial charge in [-0.2, -0.15) is 0 Å². The number of methoxy groups -OCH3 is 1. The van der Waals surface area contributed by atoms with Crippen LogP contribution in [0.1, 0.15) is 5.56 Å². The van der Waals surface area contributed by atoms with Gasteiger partial charge in [0.15, 0.2) is 0 Å². The molecule has 3 aromatic rings. The summed E-state index contributed by atoms with van der Waals surface area (Å²) in [5, 5.41) is 3.58. The Morgan fingerprint density at radius 2 is 1.88 bits per heavy atom. The molecule has 0 aliphatic rings. The van der Waals surface area contributed by atoms with E-state index < -0.39 is 5.63 Å². The van der Waals surface area contributed by atoms with Crippen LogP contribution in [0, 0.1) is 0 Å². The highest BCUT2D eigenvalue weighted by molar-refractivity contribution is 5.92. The lowest BCUT2D eigenvalue weighted by atomic mass is 10.2. The van der Waals surface area contributed by atoms with Gasteiger partial charge in [0.25, 0.3) is 0 Å². The lowest BCUT2D eigenvalue weighted by Crippen LogP contribution is -2.30. The highest BCUT2D eigenvalue weighted by Gasteiger charge is 2.10. The van der Waals surface area contributed by atoms with Crippen LogP contribution in [-0.4, -0.2) is 25.1 Å². The standard InChI is InChI=1S/C19H18N2O4/c1-21(12-13-3-7-16(24-2)8-4-13)19(23)20-15-6-9-17-14(11-15)5-10-18(22)25-17/h3-11H,12H2,1-2H3,(H,20,23).